The molecule has 0 unspecified atom stereocenters. The summed E-state index contributed by atoms with van der Waals surface area (Å²) in [6, 6.07) is 13.9. The SMILES string of the molecule is O=C(COc1ccccc1Cl)Nc1ccc(C(=O)N2CCCCC2)cc1. The van der Waals surface area contributed by atoms with Gasteiger partial charge in [-0.25, -0.2) is 0 Å². The standard InChI is InChI=1S/C20H21ClN2O3/c21-17-6-2-3-7-18(17)26-14-19(24)22-16-10-8-15(9-11-16)20(25)23-12-4-1-5-13-23/h2-3,6-11H,1,4-5,12-14H2,(H,22,24). The Labute approximate surface area is 157 Å². The highest BCUT2D eigenvalue weighted by atomic mass is 35.5. The Hall–Kier alpha value is -2.53. The third kappa shape index (κ3) is 4.76. The number of nitrogens with one attached hydrogen (secondary N) is 1. The van der Waals surface area contributed by atoms with Gasteiger partial charge in [0, 0.05) is 24.3 Å². The summed E-state index contributed by atoms with van der Waals surface area (Å²) in [6.07, 6.45) is 3.31. The molecule has 0 bridgehead atoms. The van der Waals surface area contributed by atoms with Crippen LogP contribution in [0.25, 0.3) is 0 Å². The molecule has 1 aliphatic heterocycles. The van der Waals surface area contributed by atoms with Crippen molar-refractivity contribution in [3.8, 4) is 5.75 Å². The van der Waals surface area contributed by atoms with E-state index in [0.29, 0.717) is 22.0 Å². The molecule has 2 aromatic carbocycles. The van der Waals surface area contributed by atoms with Gasteiger partial charge in [-0.1, -0.05) is 23.7 Å². The van der Waals surface area contributed by atoms with E-state index in [-0.39, 0.29) is 18.4 Å². The second-order valence-corrected chi connectivity index (χ2v) is 6.60. The molecule has 1 N–H and O–H groups in total. The topological polar surface area (TPSA) is 58.6 Å². The minimum atomic E-state index is -0.292. The first-order chi connectivity index (χ1) is 12.6. The maximum atomic E-state index is 12.4. The van der Waals surface area contributed by atoms with Crippen LogP contribution < -0.4 is 10.1 Å². The van der Waals surface area contributed by atoms with Gasteiger partial charge in [-0.3, -0.25) is 9.59 Å². The van der Waals surface area contributed by atoms with Gasteiger partial charge in [0.15, 0.2) is 6.61 Å². The van der Waals surface area contributed by atoms with E-state index in [9.17, 15) is 9.59 Å². The van der Waals surface area contributed by atoms with Crippen molar-refractivity contribution in [3.05, 3.63) is 59.1 Å². The average Bonchev–Trinajstić information content (AvgIpc) is 2.68. The van der Waals surface area contributed by atoms with E-state index < -0.39 is 0 Å². The predicted octanol–water partition coefficient (Wildman–Crippen LogP) is 3.98. The van der Waals surface area contributed by atoms with Gasteiger partial charge < -0.3 is 15.0 Å². The molecule has 3 rings (SSSR count). The number of benzene rings is 2. The molecule has 2 aromatic rings. The molecule has 0 saturated carbocycles. The smallest absolute Gasteiger partial charge is 0.262 e. The van der Waals surface area contributed by atoms with Crippen LogP contribution in [0.5, 0.6) is 5.75 Å². The van der Waals surface area contributed by atoms with E-state index in [0.717, 1.165) is 25.9 Å². The number of likely N-dealkylation sites (tertiary alicyclic amines) is 1. The van der Waals surface area contributed by atoms with Crippen molar-refractivity contribution in [1.82, 2.24) is 4.90 Å². The third-order valence-electron chi connectivity index (χ3n) is 4.25. The maximum Gasteiger partial charge on any atom is 0.262 e. The highest BCUT2D eigenvalue weighted by molar-refractivity contribution is 6.32. The number of ether oxygens (including phenoxy) is 1. The van der Waals surface area contributed by atoms with Crippen molar-refractivity contribution in [2.45, 2.75) is 19.3 Å². The van der Waals surface area contributed by atoms with Crippen molar-refractivity contribution < 1.29 is 14.3 Å². The summed E-state index contributed by atoms with van der Waals surface area (Å²) in [7, 11) is 0. The molecule has 2 amide bonds. The molecule has 0 atom stereocenters. The summed E-state index contributed by atoms with van der Waals surface area (Å²) in [5, 5.41) is 3.20. The van der Waals surface area contributed by atoms with Gasteiger partial charge in [0.05, 0.1) is 5.02 Å². The van der Waals surface area contributed by atoms with E-state index in [1.807, 2.05) is 4.90 Å². The lowest BCUT2D eigenvalue weighted by Crippen LogP contribution is -2.35. The number of piperidine rings is 1. The van der Waals surface area contributed by atoms with Gasteiger partial charge >= 0.3 is 0 Å². The van der Waals surface area contributed by atoms with Crippen LogP contribution in [-0.2, 0) is 4.79 Å². The number of para-hydroxylation sites is 1. The largest absolute Gasteiger partial charge is 0.482 e. The monoisotopic (exact) mass is 372 g/mol. The quantitative estimate of drug-likeness (QED) is 0.863. The van der Waals surface area contributed by atoms with Crippen molar-refractivity contribution in [2.75, 3.05) is 25.0 Å². The minimum Gasteiger partial charge on any atom is -0.482 e. The zero-order valence-electron chi connectivity index (χ0n) is 14.4. The lowest BCUT2D eigenvalue weighted by atomic mass is 10.1. The number of amides is 2. The second kappa shape index (κ2) is 8.72. The molecule has 0 radical (unpaired) electrons. The summed E-state index contributed by atoms with van der Waals surface area (Å²) in [5.41, 5.74) is 1.25. The third-order valence-corrected chi connectivity index (χ3v) is 4.57. The van der Waals surface area contributed by atoms with Crippen LogP contribution in [0.1, 0.15) is 29.6 Å². The number of halogens is 1. The second-order valence-electron chi connectivity index (χ2n) is 6.20. The molecular weight excluding hydrogens is 352 g/mol. The van der Waals surface area contributed by atoms with Crippen LogP contribution in [0.3, 0.4) is 0 Å². The highest BCUT2D eigenvalue weighted by Gasteiger charge is 2.18. The summed E-state index contributed by atoms with van der Waals surface area (Å²) in [6.45, 7) is 1.49. The van der Waals surface area contributed by atoms with E-state index in [4.69, 9.17) is 16.3 Å². The molecule has 1 heterocycles. The Morgan fingerprint density at radius 2 is 1.69 bits per heavy atom. The first-order valence-electron chi connectivity index (χ1n) is 8.70. The van der Waals surface area contributed by atoms with Crippen LogP contribution in [0, 0.1) is 0 Å². The van der Waals surface area contributed by atoms with Crippen LogP contribution in [0.2, 0.25) is 5.02 Å². The molecule has 1 fully saturated rings. The number of hydrogen-bond acceptors (Lipinski definition) is 3. The first kappa shape index (κ1) is 18.3. The van der Waals surface area contributed by atoms with E-state index in [1.165, 1.54) is 6.42 Å². The van der Waals surface area contributed by atoms with Crippen LogP contribution in [0.15, 0.2) is 48.5 Å². The van der Waals surface area contributed by atoms with Gasteiger partial charge in [-0.2, -0.15) is 0 Å². The molecule has 136 valence electrons. The Morgan fingerprint density at radius 1 is 1.00 bits per heavy atom. The zero-order chi connectivity index (χ0) is 18.4. The Bertz CT molecular complexity index is 771. The molecule has 1 saturated heterocycles. The normalized spacial score (nSPS) is 14.0. The van der Waals surface area contributed by atoms with Gasteiger partial charge in [-0.05, 0) is 55.7 Å². The molecule has 1 aliphatic rings. The van der Waals surface area contributed by atoms with Gasteiger partial charge in [-0.15, -0.1) is 0 Å². The van der Waals surface area contributed by atoms with Crippen LogP contribution >= 0.6 is 11.6 Å². The lowest BCUT2D eigenvalue weighted by molar-refractivity contribution is -0.118. The number of carbonyl (C=O) groups is 2. The number of nitrogens with zero attached hydrogens (tertiary/aromatic N) is 1. The van der Waals surface area contributed by atoms with E-state index in [2.05, 4.69) is 5.32 Å². The molecule has 0 spiro atoms. The fourth-order valence-corrected chi connectivity index (χ4v) is 3.07. The van der Waals surface area contributed by atoms with E-state index in [1.54, 1.807) is 48.5 Å². The summed E-state index contributed by atoms with van der Waals surface area (Å²) >= 11 is 5.99. The average molecular weight is 373 g/mol. The molecule has 0 aromatic heterocycles. The molecule has 0 aliphatic carbocycles. The molecular formula is C20H21ClN2O3. The van der Waals surface area contributed by atoms with Crippen molar-refractivity contribution in [3.63, 3.8) is 0 Å². The first-order valence-corrected chi connectivity index (χ1v) is 9.08. The Balaban J connectivity index is 1.52. The lowest BCUT2D eigenvalue weighted by Gasteiger charge is -2.26. The summed E-state index contributed by atoms with van der Waals surface area (Å²) in [4.78, 5) is 26.3. The van der Waals surface area contributed by atoms with Gasteiger partial charge in [0.1, 0.15) is 5.75 Å². The molecule has 26 heavy (non-hydrogen) atoms. The minimum absolute atomic E-state index is 0.0460. The Morgan fingerprint density at radius 3 is 2.38 bits per heavy atom. The summed E-state index contributed by atoms with van der Waals surface area (Å²) < 4.78 is 5.41. The van der Waals surface area contributed by atoms with Crippen molar-refractivity contribution in [1.29, 1.82) is 0 Å². The van der Waals surface area contributed by atoms with Crippen molar-refractivity contribution >= 4 is 29.1 Å². The fraction of sp³-hybridized carbons (Fsp3) is 0.300. The van der Waals surface area contributed by atoms with Crippen molar-refractivity contribution in [2.24, 2.45) is 0 Å². The number of hydrogen-bond donors (Lipinski definition) is 1. The van der Waals surface area contributed by atoms with Crippen LogP contribution in [0.4, 0.5) is 5.69 Å². The maximum absolute atomic E-state index is 12.4. The van der Waals surface area contributed by atoms with E-state index >= 15 is 0 Å². The highest BCUT2D eigenvalue weighted by Crippen LogP contribution is 2.23. The van der Waals surface area contributed by atoms with Crippen LogP contribution in [-0.4, -0.2) is 36.4 Å². The number of carbonyl (C=O) groups excluding carboxylic acids is 2. The molecule has 5 nitrogen and oxygen atoms in total. The van der Waals surface area contributed by atoms with Gasteiger partial charge in [0.25, 0.3) is 11.8 Å². The van der Waals surface area contributed by atoms with Gasteiger partial charge in [0.2, 0.25) is 0 Å². The molecule has 6 heteroatoms. The number of rotatable bonds is 5. The predicted molar refractivity (Wildman–Crippen MR) is 102 cm³/mol. The Kier molecular flexibility index (Phi) is 6.12. The fourth-order valence-electron chi connectivity index (χ4n) is 2.88. The zero-order valence-corrected chi connectivity index (χ0v) is 15.2. The number of anilines is 1. The summed E-state index contributed by atoms with van der Waals surface area (Å²) in [5.74, 6) is 0.219.